The molecular weight excluding hydrogens is 466 g/mol. The summed E-state index contributed by atoms with van der Waals surface area (Å²) in [5.74, 6) is -1.37. The largest absolute Gasteiger partial charge is 0.272 e. The van der Waals surface area contributed by atoms with E-state index in [1.54, 1.807) is 13.0 Å². The fraction of sp³-hybridized carbons (Fsp3) is 0.107. The van der Waals surface area contributed by atoms with Crippen molar-refractivity contribution in [2.45, 2.75) is 24.7 Å². The van der Waals surface area contributed by atoms with Crippen LogP contribution in [0, 0.1) is 13.8 Å². The maximum atomic E-state index is 14.3. The molecule has 0 saturated carbocycles. The number of nitrogens with zero attached hydrogens (tertiary/aromatic N) is 1. The van der Waals surface area contributed by atoms with Crippen molar-refractivity contribution >= 4 is 33.2 Å². The van der Waals surface area contributed by atoms with Crippen molar-refractivity contribution in [3.8, 4) is 0 Å². The highest BCUT2D eigenvalue weighted by molar-refractivity contribution is 7.93. The first-order chi connectivity index (χ1) is 16.3. The Morgan fingerprint density at radius 1 is 0.765 bits per heavy atom. The second kappa shape index (κ2) is 9.84. The monoisotopic (exact) mass is 489 g/mol. The van der Waals surface area contributed by atoms with Gasteiger partial charge in [0.15, 0.2) is 0 Å². The molecule has 0 unspecified atom stereocenters. The van der Waals surface area contributed by atoms with E-state index in [0.29, 0.717) is 27.4 Å². The van der Waals surface area contributed by atoms with E-state index in [1.807, 2.05) is 79.7 Å². The number of hydrogen-bond acceptors (Lipinski definition) is 3. The highest BCUT2D eigenvalue weighted by Gasteiger charge is 2.37. The van der Waals surface area contributed by atoms with Gasteiger partial charge in [0.1, 0.15) is 0 Å². The molecular formula is C28H24ClNO3S. The molecule has 0 fully saturated rings. The van der Waals surface area contributed by atoms with Gasteiger partial charge in [-0.1, -0.05) is 84.4 Å². The predicted octanol–water partition coefficient (Wildman–Crippen LogP) is 6.51. The van der Waals surface area contributed by atoms with Crippen LogP contribution in [0.4, 0.5) is 5.69 Å². The molecule has 0 atom stereocenters. The topological polar surface area (TPSA) is 54.5 Å². The van der Waals surface area contributed by atoms with Crippen molar-refractivity contribution in [1.82, 2.24) is 0 Å². The molecule has 0 aliphatic rings. The molecule has 4 rings (SSSR count). The van der Waals surface area contributed by atoms with E-state index in [1.165, 1.54) is 24.3 Å². The Bertz CT molecular complexity index is 1360. The average Bonchev–Trinajstić information content (AvgIpc) is 2.83. The highest BCUT2D eigenvalue weighted by atomic mass is 35.5. The van der Waals surface area contributed by atoms with E-state index in [9.17, 15) is 13.2 Å². The molecule has 6 heteroatoms. The van der Waals surface area contributed by atoms with E-state index in [-0.39, 0.29) is 4.90 Å². The standard InChI is InChI=1S/C28H24ClNO3S/c1-20-13-14-21(2)26(19-20)30(34(32,33)25-17-15-24(29)16-18-25)28(31)27(22-9-5-3-6-10-22)23-11-7-4-8-12-23/h3-19,27H,1-2H3. The van der Waals surface area contributed by atoms with Crippen LogP contribution in [0.3, 0.4) is 0 Å². The van der Waals surface area contributed by atoms with Crippen LogP contribution in [0.1, 0.15) is 28.2 Å². The van der Waals surface area contributed by atoms with E-state index in [2.05, 4.69) is 0 Å². The first-order valence-corrected chi connectivity index (χ1v) is 12.6. The van der Waals surface area contributed by atoms with Crippen molar-refractivity contribution < 1.29 is 13.2 Å². The number of hydrogen-bond donors (Lipinski definition) is 0. The Hall–Kier alpha value is -3.41. The molecule has 34 heavy (non-hydrogen) atoms. The van der Waals surface area contributed by atoms with Gasteiger partial charge in [0.05, 0.1) is 16.5 Å². The number of sulfonamides is 1. The van der Waals surface area contributed by atoms with E-state index >= 15 is 0 Å². The number of benzene rings is 4. The summed E-state index contributed by atoms with van der Waals surface area (Å²) >= 11 is 6.00. The quantitative estimate of drug-likeness (QED) is 0.310. The zero-order chi connectivity index (χ0) is 24.3. The van der Waals surface area contributed by atoms with Gasteiger partial charge in [0.25, 0.3) is 15.9 Å². The molecule has 4 aromatic rings. The Labute approximate surface area is 205 Å². The first-order valence-electron chi connectivity index (χ1n) is 10.8. The summed E-state index contributed by atoms with van der Waals surface area (Å²) in [6.45, 7) is 3.67. The highest BCUT2D eigenvalue weighted by Crippen LogP contribution is 2.35. The first kappa shape index (κ1) is 23.7. The Kier molecular flexibility index (Phi) is 6.87. The number of carbonyl (C=O) groups excluding carboxylic acids is 1. The average molecular weight is 490 g/mol. The lowest BCUT2D eigenvalue weighted by Gasteiger charge is -2.29. The molecule has 0 aliphatic carbocycles. The van der Waals surface area contributed by atoms with Crippen LogP contribution in [-0.2, 0) is 14.8 Å². The summed E-state index contributed by atoms with van der Waals surface area (Å²) in [6.07, 6.45) is 0. The number of amides is 1. The molecule has 4 aromatic carbocycles. The van der Waals surface area contributed by atoms with Crippen molar-refractivity contribution in [3.63, 3.8) is 0 Å². The predicted molar refractivity (Wildman–Crippen MR) is 137 cm³/mol. The molecule has 4 nitrogen and oxygen atoms in total. The summed E-state index contributed by atoms with van der Waals surface area (Å²) in [6, 6.07) is 29.7. The smallest absolute Gasteiger partial charge is 0.270 e. The van der Waals surface area contributed by atoms with Gasteiger partial charge >= 0.3 is 0 Å². The van der Waals surface area contributed by atoms with Crippen LogP contribution >= 0.6 is 11.6 Å². The summed E-state index contributed by atoms with van der Waals surface area (Å²) in [5, 5.41) is 0.412. The molecule has 0 radical (unpaired) electrons. The Balaban J connectivity index is 1.96. The van der Waals surface area contributed by atoms with E-state index in [4.69, 9.17) is 11.6 Å². The van der Waals surface area contributed by atoms with E-state index < -0.39 is 21.8 Å². The van der Waals surface area contributed by atoms with Crippen molar-refractivity contribution in [1.29, 1.82) is 0 Å². The molecule has 0 saturated heterocycles. The summed E-state index contributed by atoms with van der Waals surface area (Å²) < 4.78 is 28.9. The second-order valence-electron chi connectivity index (χ2n) is 8.11. The molecule has 0 aromatic heterocycles. The third-order valence-electron chi connectivity index (χ3n) is 5.65. The van der Waals surface area contributed by atoms with Gasteiger partial charge in [-0.25, -0.2) is 12.7 Å². The normalized spacial score (nSPS) is 11.4. The number of anilines is 1. The maximum Gasteiger partial charge on any atom is 0.270 e. The molecule has 1 amide bonds. The molecule has 172 valence electrons. The van der Waals surface area contributed by atoms with Crippen LogP contribution in [0.25, 0.3) is 0 Å². The fourth-order valence-corrected chi connectivity index (χ4v) is 5.52. The number of rotatable bonds is 6. The van der Waals surface area contributed by atoms with Crippen LogP contribution in [0.5, 0.6) is 0 Å². The maximum absolute atomic E-state index is 14.3. The zero-order valence-electron chi connectivity index (χ0n) is 18.9. The van der Waals surface area contributed by atoms with Gasteiger partial charge in [-0.05, 0) is 66.4 Å². The Morgan fingerprint density at radius 3 is 1.82 bits per heavy atom. The zero-order valence-corrected chi connectivity index (χ0v) is 20.4. The van der Waals surface area contributed by atoms with E-state index in [0.717, 1.165) is 9.87 Å². The van der Waals surface area contributed by atoms with Crippen LogP contribution in [0.2, 0.25) is 5.02 Å². The lowest BCUT2D eigenvalue weighted by molar-refractivity contribution is -0.118. The van der Waals surface area contributed by atoms with Crippen LogP contribution < -0.4 is 4.31 Å². The van der Waals surface area contributed by atoms with Gasteiger partial charge in [-0.15, -0.1) is 0 Å². The minimum absolute atomic E-state index is 0.00831. The minimum Gasteiger partial charge on any atom is -0.272 e. The van der Waals surface area contributed by atoms with Crippen LogP contribution in [-0.4, -0.2) is 14.3 Å². The molecule has 0 heterocycles. The molecule has 0 aliphatic heterocycles. The lowest BCUT2D eigenvalue weighted by atomic mass is 9.90. The molecule has 0 bridgehead atoms. The molecule has 0 N–H and O–H groups in total. The Morgan fingerprint density at radius 2 is 1.29 bits per heavy atom. The summed E-state index contributed by atoms with van der Waals surface area (Å²) in [7, 11) is -4.25. The minimum atomic E-state index is -4.25. The van der Waals surface area contributed by atoms with Crippen LogP contribution in [0.15, 0.2) is 108 Å². The third-order valence-corrected chi connectivity index (χ3v) is 7.63. The number of halogens is 1. The number of carbonyl (C=O) groups is 1. The SMILES string of the molecule is Cc1ccc(C)c(N(C(=O)C(c2ccccc2)c2ccccc2)S(=O)(=O)c2ccc(Cl)cc2)c1. The van der Waals surface area contributed by atoms with Crippen molar-refractivity contribution in [2.24, 2.45) is 0 Å². The molecule has 0 spiro atoms. The number of aryl methyl sites for hydroxylation is 2. The summed E-state index contributed by atoms with van der Waals surface area (Å²) in [4.78, 5) is 14.3. The van der Waals surface area contributed by atoms with Gasteiger partial charge in [-0.2, -0.15) is 0 Å². The van der Waals surface area contributed by atoms with Gasteiger partial charge in [0, 0.05) is 5.02 Å². The van der Waals surface area contributed by atoms with Crippen molar-refractivity contribution in [3.05, 3.63) is 130 Å². The van der Waals surface area contributed by atoms with Gasteiger partial charge in [0.2, 0.25) is 0 Å². The third kappa shape index (κ3) is 4.76. The fourth-order valence-electron chi connectivity index (χ4n) is 3.90. The van der Waals surface area contributed by atoms with Gasteiger partial charge in [-0.3, -0.25) is 4.79 Å². The second-order valence-corrected chi connectivity index (χ2v) is 10.3. The van der Waals surface area contributed by atoms with Crippen molar-refractivity contribution in [2.75, 3.05) is 4.31 Å². The lowest BCUT2D eigenvalue weighted by Crippen LogP contribution is -2.41. The van der Waals surface area contributed by atoms with Gasteiger partial charge < -0.3 is 0 Å². The summed E-state index contributed by atoms with van der Waals surface area (Å²) in [5.41, 5.74) is 3.27.